The third-order valence-electron chi connectivity index (χ3n) is 6.24. The molecule has 0 radical (unpaired) electrons. The van der Waals surface area contributed by atoms with E-state index in [0.717, 1.165) is 49.5 Å². The van der Waals surface area contributed by atoms with E-state index in [1.165, 1.54) is 5.56 Å². The topological polar surface area (TPSA) is 54.0 Å². The molecule has 2 aromatic carbocycles. The minimum Gasteiger partial charge on any atom is -0.497 e. The fourth-order valence-electron chi connectivity index (χ4n) is 4.45. The number of piperidine rings is 1. The molecule has 0 unspecified atom stereocenters. The maximum absolute atomic E-state index is 12.7. The number of hydrogen-bond donors (Lipinski definition) is 1. The number of benzene rings is 2. The maximum Gasteiger partial charge on any atom is 0.318 e. The number of urea groups is 1. The third kappa shape index (κ3) is 4.03. The fraction of sp³-hybridized carbons (Fsp3) is 0.435. The summed E-state index contributed by atoms with van der Waals surface area (Å²) < 4.78 is 10.8. The largest absolute Gasteiger partial charge is 0.497 e. The highest BCUT2D eigenvalue weighted by Gasteiger charge is 2.47. The number of nitrogens with zero attached hydrogens (tertiary/aromatic N) is 2. The SMILES string of the molecule is COc1ccc(CN2C(=O)NCC23CCN(Cc2ccccc2)CC3)c(OC)c1. The van der Waals surface area contributed by atoms with Crippen molar-refractivity contribution in [3.8, 4) is 11.5 Å². The highest BCUT2D eigenvalue weighted by Crippen LogP contribution is 2.36. The number of likely N-dealkylation sites (tertiary alicyclic amines) is 1. The number of amides is 2. The van der Waals surface area contributed by atoms with Crippen molar-refractivity contribution in [3.05, 3.63) is 59.7 Å². The summed E-state index contributed by atoms with van der Waals surface area (Å²) in [6.45, 7) is 4.19. The number of carbonyl (C=O) groups excluding carboxylic acids is 1. The van der Waals surface area contributed by atoms with Crippen molar-refractivity contribution in [2.24, 2.45) is 0 Å². The van der Waals surface area contributed by atoms with E-state index in [1.807, 2.05) is 23.1 Å². The molecule has 2 heterocycles. The number of hydrogen-bond acceptors (Lipinski definition) is 4. The van der Waals surface area contributed by atoms with Gasteiger partial charge in [0.2, 0.25) is 0 Å². The average Bonchev–Trinajstić information content (AvgIpc) is 3.06. The second-order valence-corrected chi connectivity index (χ2v) is 7.91. The van der Waals surface area contributed by atoms with E-state index in [1.54, 1.807) is 14.2 Å². The summed E-state index contributed by atoms with van der Waals surface area (Å²) in [5.41, 5.74) is 2.20. The fourth-order valence-corrected chi connectivity index (χ4v) is 4.45. The molecule has 0 saturated carbocycles. The molecule has 2 aliphatic heterocycles. The van der Waals surface area contributed by atoms with Crippen LogP contribution in [-0.2, 0) is 13.1 Å². The highest BCUT2D eigenvalue weighted by molar-refractivity contribution is 5.78. The number of methoxy groups -OCH3 is 2. The van der Waals surface area contributed by atoms with Crippen molar-refractivity contribution in [1.82, 2.24) is 15.1 Å². The molecule has 2 aromatic rings. The van der Waals surface area contributed by atoms with Gasteiger partial charge in [-0.05, 0) is 30.5 Å². The molecular weight excluding hydrogens is 366 g/mol. The minimum atomic E-state index is -0.130. The molecule has 29 heavy (non-hydrogen) atoms. The first kappa shape index (κ1) is 19.6. The molecule has 0 aliphatic carbocycles. The van der Waals surface area contributed by atoms with Crippen molar-refractivity contribution in [1.29, 1.82) is 0 Å². The third-order valence-corrected chi connectivity index (χ3v) is 6.24. The number of carbonyl (C=O) groups is 1. The average molecular weight is 396 g/mol. The highest BCUT2D eigenvalue weighted by atomic mass is 16.5. The Bertz CT molecular complexity index is 848. The summed E-state index contributed by atoms with van der Waals surface area (Å²) in [5.74, 6) is 1.50. The first-order chi connectivity index (χ1) is 14.1. The molecule has 154 valence electrons. The Hall–Kier alpha value is -2.73. The van der Waals surface area contributed by atoms with Gasteiger partial charge >= 0.3 is 6.03 Å². The van der Waals surface area contributed by atoms with Crippen LogP contribution in [0.4, 0.5) is 4.79 Å². The van der Waals surface area contributed by atoms with Crippen molar-refractivity contribution in [2.45, 2.75) is 31.5 Å². The van der Waals surface area contributed by atoms with E-state index < -0.39 is 0 Å². The maximum atomic E-state index is 12.7. The van der Waals surface area contributed by atoms with Crippen LogP contribution in [0.5, 0.6) is 11.5 Å². The monoisotopic (exact) mass is 395 g/mol. The van der Waals surface area contributed by atoms with Crippen LogP contribution in [0, 0.1) is 0 Å². The van der Waals surface area contributed by atoms with Gasteiger partial charge in [0.15, 0.2) is 0 Å². The lowest BCUT2D eigenvalue weighted by Gasteiger charge is -2.44. The van der Waals surface area contributed by atoms with Gasteiger partial charge in [0, 0.05) is 37.8 Å². The summed E-state index contributed by atoms with van der Waals surface area (Å²) in [7, 11) is 3.29. The van der Waals surface area contributed by atoms with E-state index in [-0.39, 0.29) is 11.6 Å². The normalized spacial score (nSPS) is 18.7. The summed E-state index contributed by atoms with van der Waals surface area (Å²) in [5, 5.41) is 3.08. The van der Waals surface area contributed by atoms with Gasteiger partial charge in [0.25, 0.3) is 0 Å². The van der Waals surface area contributed by atoms with Gasteiger partial charge in [-0.25, -0.2) is 4.79 Å². The van der Waals surface area contributed by atoms with E-state index >= 15 is 0 Å². The number of nitrogens with one attached hydrogen (secondary N) is 1. The van der Waals surface area contributed by atoms with E-state index in [0.29, 0.717) is 13.1 Å². The Kier molecular flexibility index (Phi) is 5.62. The molecule has 6 heteroatoms. The zero-order valence-corrected chi connectivity index (χ0v) is 17.2. The molecule has 0 atom stereocenters. The van der Waals surface area contributed by atoms with Crippen LogP contribution in [0.2, 0.25) is 0 Å². The lowest BCUT2D eigenvalue weighted by Crippen LogP contribution is -2.54. The molecule has 1 spiro atoms. The molecule has 4 rings (SSSR count). The Morgan fingerprint density at radius 1 is 1.00 bits per heavy atom. The molecule has 2 fully saturated rings. The van der Waals surface area contributed by atoms with Crippen LogP contribution in [0.25, 0.3) is 0 Å². The molecule has 1 N–H and O–H groups in total. The Labute approximate surface area is 172 Å². The molecule has 2 aliphatic rings. The van der Waals surface area contributed by atoms with Gasteiger partial charge in [-0.15, -0.1) is 0 Å². The zero-order valence-electron chi connectivity index (χ0n) is 17.2. The lowest BCUT2D eigenvalue weighted by atomic mass is 9.86. The first-order valence-corrected chi connectivity index (χ1v) is 10.2. The predicted octanol–water partition coefficient (Wildman–Crippen LogP) is 3.26. The van der Waals surface area contributed by atoms with Crippen LogP contribution in [0.3, 0.4) is 0 Å². The van der Waals surface area contributed by atoms with Crippen molar-refractivity contribution in [3.63, 3.8) is 0 Å². The molecule has 2 amide bonds. The standard InChI is InChI=1S/C23H29N3O3/c1-28-20-9-8-19(21(14-20)29-2)16-26-22(27)24-17-23(26)10-12-25(13-11-23)15-18-6-4-3-5-7-18/h3-9,14H,10-13,15-17H2,1-2H3,(H,24,27). The van der Waals surface area contributed by atoms with E-state index in [9.17, 15) is 4.79 Å². The van der Waals surface area contributed by atoms with Gasteiger partial charge in [0.1, 0.15) is 11.5 Å². The van der Waals surface area contributed by atoms with Crippen LogP contribution in [0.15, 0.2) is 48.5 Å². The van der Waals surface area contributed by atoms with E-state index in [4.69, 9.17) is 9.47 Å². The first-order valence-electron chi connectivity index (χ1n) is 10.2. The summed E-state index contributed by atoms with van der Waals surface area (Å²) in [4.78, 5) is 17.2. The predicted molar refractivity (Wildman–Crippen MR) is 112 cm³/mol. The van der Waals surface area contributed by atoms with Crippen LogP contribution < -0.4 is 14.8 Å². The summed E-state index contributed by atoms with van der Waals surface area (Å²) in [6, 6.07) is 16.4. The van der Waals surface area contributed by atoms with Crippen LogP contribution in [0.1, 0.15) is 24.0 Å². The Morgan fingerprint density at radius 2 is 1.76 bits per heavy atom. The van der Waals surface area contributed by atoms with E-state index in [2.05, 4.69) is 40.5 Å². The molecular formula is C23H29N3O3. The molecule has 2 saturated heterocycles. The molecule has 0 bridgehead atoms. The number of rotatable bonds is 6. The zero-order chi connectivity index (χ0) is 20.3. The lowest BCUT2D eigenvalue weighted by molar-refractivity contribution is 0.0683. The summed E-state index contributed by atoms with van der Waals surface area (Å²) in [6.07, 6.45) is 1.94. The Morgan fingerprint density at radius 3 is 2.45 bits per heavy atom. The quantitative estimate of drug-likeness (QED) is 0.816. The van der Waals surface area contributed by atoms with Crippen molar-refractivity contribution < 1.29 is 14.3 Å². The van der Waals surface area contributed by atoms with Gasteiger partial charge < -0.3 is 19.7 Å². The second kappa shape index (κ2) is 8.33. The smallest absolute Gasteiger partial charge is 0.318 e. The van der Waals surface area contributed by atoms with Crippen LogP contribution in [-0.4, -0.2) is 55.2 Å². The molecule has 0 aromatic heterocycles. The second-order valence-electron chi connectivity index (χ2n) is 7.91. The van der Waals surface area contributed by atoms with Gasteiger partial charge in [-0.2, -0.15) is 0 Å². The van der Waals surface area contributed by atoms with Crippen LogP contribution >= 0.6 is 0 Å². The van der Waals surface area contributed by atoms with Gasteiger partial charge in [-0.1, -0.05) is 30.3 Å². The van der Waals surface area contributed by atoms with Gasteiger partial charge in [-0.3, -0.25) is 4.90 Å². The number of ether oxygens (including phenoxy) is 2. The molecule has 6 nitrogen and oxygen atoms in total. The van der Waals surface area contributed by atoms with Crippen molar-refractivity contribution in [2.75, 3.05) is 33.9 Å². The van der Waals surface area contributed by atoms with Crippen molar-refractivity contribution >= 4 is 6.03 Å². The minimum absolute atomic E-state index is 0.0133. The Balaban J connectivity index is 1.46. The summed E-state index contributed by atoms with van der Waals surface area (Å²) >= 11 is 0. The van der Waals surface area contributed by atoms with Gasteiger partial charge in [0.05, 0.1) is 26.3 Å².